The maximum Gasteiger partial charge on any atom is 0.418 e. The lowest BCUT2D eigenvalue weighted by Gasteiger charge is -2.43. The van der Waals surface area contributed by atoms with E-state index in [0.29, 0.717) is 16.8 Å². The van der Waals surface area contributed by atoms with Crippen LogP contribution < -0.4 is 0 Å². The molecule has 17 heteroatoms. The molecule has 1 fully saturated rings. The normalized spacial score (nSPS) is 23.9. The molecule has 0 saturated carbocycles. The minimum absolute atomic E-state index is 0.118. The van der Waals surface area contributed by atoms with Crippen LogP contribution in [0.3, 0.4) is 0 Å². The predicted molar refractivity (Wildman–Crippen MR) is 135 cm³/mol. The Morgan fingerprint density at radius 2 is 1.95 bits per heavy atom. The molecule has 208 valence electrons. The Bertz CT molecular complexity index is 1480. The molecule has 39 heavy (non-hydrogen) atoms. The van der Waals surface area contributed by atoms with Crippen LogP contribution in [-0.4, -0.2) is 72.0 Å². The van der Waals surface area contributed by atoms with Gasteiger partial charge in [0.15, 0.2) is 0 Å². The van der Waals surface area contributed by atoms with Gasteiger partial charge in [-0.2, -0.15) is 18.3 Å². The second-order valence-electron chi connectivity index (χ2n) is 8.47. The Kier molecular flexibility index (Phi) is 7.92. The molecule has 1 saturated heterocycles. The topological polar surface area (TPSA) is 120 Å². The summed E-state index contributed by atoms with van der Waals surface area (Å²) in [6.45, 7) is -0.608. The third-order valence-electron chi connectivity index (χ3n) is 6.19. The van der Waals surface area contributed by atoms with Crippen LogP contribution in [0, 0.1) is 0 Å². The van der Waals surface area contributed by atoms with Crippen LogP contribution in [0.2, 0.25) is 15.2 Å². The zero-order chi connectivity index (χ0) is 28.1. The lowest BCUT2D eigenvalue weighted by molar-refractivity contribution is -0.216. The maximum atomic E-state index is 14.0. The molecule has 2 N–H and O–H groups in total. The summed E-state index contributed by atoms with van der Waals surface area (Å²) in [5, 5.41) is 35.4. The third kappa shape index (κ3) is 5.27. The van der Waals surface area contributed by atoms with Gasteiger partial charge in [-0.1, -0.05) is 40.0 Å². The number of ether oxygens (including phenoxy) is 2. The van der Waals surface area contributed by atoms with Crippen molar-refractivity contribution in [3.05, 3.63) is 62.4 Å². The van der Waals surface area contributed by atoms with Crippen molar-refractivity contribution in [1.82, 2.24) is 29.8 Å². The molecule has 1 aliphatic heterocycles. The number of aromatic nitrogens is 6. The van der Waals surface area contributed by atoms with Gasteiger partial charge in [-0.05, 0) is 18.2 Å². The molecule has 5 atom stereocenters. The number of aliphatic hydroxyl groups excluding tert-OH is 2. The van der Waals surface area contributed by atoms with Crippen molar-refractivity contribution in [3.8, 4) is 16.4 Å². The van der Waals surface area contributed by atoms with E-state index >= 15 is 0 Å². The van der Waals surface area contributed by atoms with Crippen LogP contribution in [0.4, 0.5) is 13.2 Å². The van der Waals surface area contributed by atoms with Crippen molar-refractivity contribution >= 4 is 46.1 Å². The number of benzene rings is 1. The van der Waals surface area contributed by atoms with Crippen LogP contribution in [0.1, 0.15) is 23.4 Å². The minimum atomic E-state index is -4.79. The number of aliphatic hydroxyl groups is 2. The summed E-state index contributed by atoms with van der Waals surface area (Å²) in [7, 11) is 1.35. The summed E-state index contributed by atoms with van der Waals surface area (Å²) in [4.78, 5) is 4.16. The fraction of sp³-hybridized carbons (Fsp3) is 0.364. The van der Waals surface area contributed by atoms with E-state index in [9.17, 15) is 23.4 Å². The van der Waals surface area contributed by atoms with Gasteiger partial charge in [-0.25, -0.2) is 14.3 Å². The Labute approximate surface area is 237 Å². The van der Waals surface area contributed by atoms with Gasteiger partial charge in [0.05, 0.1) is 39.8 Å². The lowest BCUT2D eigenvalue weighted by atomic mass is 9.90. The largest absolute Gasteiger partial charge is 0.418 e. The molecule has 4 aromatic rings. The fourth-order valence-corrected chi connectivity index (χ4v) is 5.68. The average molecular weight is 626 g/mol. The van der Waals surface area contributed by atoms with Gasteiger partial charge in [-0.15, -0.1) is 16.4 Å². The van der Waals surface area contributed by atoms with E-state index in [1.807, 2.05) is 0 Å². The van der Waals surface area contributed by atoms with Crippen molar-refractivity contribution in [3.63, 3.8) is 0 Å². The summed E-state index contributed by atoms with van der Waals surface area (Å²) >= 11 is 19.1. The van der Waals surface area contributed by atoms with E-state index in [1.165, 1.54) is 41.6 Å². The molecule has 0 radical (unpaired) electrons. The van der Waals surface area contributed by atoms with Gasteiger partial charge in [0.25, 0.3) is 0 Å². The molecule has 0 amide bonds. The number of hydrogen-bond acceptors (Lipinski definition) is 9. The Morgan fingerprint density at radius 1 is 1.21 bits per heavy atom. The zero-order valence-electron chi connectivity index (χ0n) is 19.6. The first-order valence-corrected chi connectivity index (χ1v) is 13.2. The highest BCUT2D eigenvalue weighted by Gasteiger charge is 2.49. The van der Waals surface area contributed by atoms with Crippen molar-refractivity contribution in [1.29, 1.82) is 0 Å². The number of halogens is 6. The van der Waals surface area contributed by atoms with Crippen LogP contribution in [-0.2, 0) is 15.7 Å². The lowest BCUT2D eigenvalue weighted by Crippen LogP contribution is -2.53. The predicted octanol–water partition coefficient (Wildman–Crippen LogP) is 4.62. The Hall–Kier alpha value is -2.30. The molecule has 0 bridgehead atoms. The highest BCUT2D eigenvalue weighted by atomic mass is 35.5. The number of methoxy groups -OCH3 is 1. The van der Waals surface area contributed by atoms with Crippen LogP contribution in [0.25, 0.3) is 16.4 Å². The van der Waals surface area contributed by atoms with Gasteiger partial charge in [0.1, 0.15) is 46.3 Å². The molecular weight excluding hydrogens is 608 g/mol. The first kappa shape index (κ1) is 28.2. The quantitative estimate of drug-likeness (QED) is 0.319. The molecule has 2 unspecified atom stereocenters. The number of hydrogen-bond donors (Lipinski definition) is 2. The van der Waals surface area contributed by atoms with Gasteiger partial charge in [-0.3, -0.25) is 0 Å². The fourth-order valence-electron chi connectivity index (χ4n) is 4.46. The number of rotatable bonds is 6. The Morgan fingerprint density at radius 3 is 2.59 bits per heavy atom. The van der Waals surface area contributed by atoms with E-state index in [2.05, 4.69) is 20.4 Å². The second kappa shape index (κ2) is 10.9. The highest BCUT2D eigenvalue weighted by molar-refractivity contribution is 7.13. The van der Waals surface area contributed by atoms with E-state index in [4.69, 9.17) is 44.3 Å². The molecular formula is C22H18Cl3F3N6O4S. The highest BCUT2D eigenvalue weighted by Crippen LogP contribution is 2.43. The van der Waals surface area contributed by atoms with Crippen LogP contribution in [0.5, 0.6) is 0 Å². The van der Waals surface area contributed by atoms with E-state index in [1.54, 1.807) is 5.38 Å². The standard InChI is InChI=1S/C22H18Cl3F3N6O4S/c1-37-20-17(33-6-12(31-32-33)21-30-16(25)8-39-21)18(36)15(7-35)38-19(20)13-2-3-29-34(13)14-5-11(24)10(23)4-9(14)22(26,27)28/h2-6,8,15,17-20,35-36H,7H2,1H3/t15?,17-,18-,19-,20?/m0/s1. The molecule has 1 aromatic carbocycles. The molecule has 4 heterocycles. The number of nitrogens with zero attached hydrogens (tertiary/aromatic N) is 6. The smallest absolute Gasteiger partial charge is 0.394 e. The van der Waals surface area contributed by atoms with Crippen molar-refractivity contribution < 1.29 is 32.9 Å². The van der Waals surface area contributed by atoms with Gasteiger partial charge < -0.3 is 19.7 Å². The summed E-state index contributed by atoms with van der Waals surface area (Å²) in [6, 6.07) is 2.21. The summed E-state index contributed by atoms with van der Waals surface area (Å²) < 4.78 is 55.9. The zero-order valence-corrected chi connectivity index (χ0v) is 22.7. The van der Waals surface area contributed by atoms with Crippen molar-refractivity contribution in [2.45, 2.75) is 36.6 Å². The summed E-state index contributed by atoms with van der Waals surface area (Å²) in [5.74, 6) is 0. The average Bonchev–Trinajstić information content (AvgIpc) is 3.65. The number of alkyl halides is 3. The molecule has 5 rings (SSSR count). The monoisotopic (exact) mass is 624 g/mol. The SMILES string of the molecule is COC1[C@@H](n2cc(-c3nc(Cl)cs3)nn2)[C@@H](O)C(CO)O[C@H]1c1ccnn1-c1cc(Cl)c(Cl)cc1C(F)(F)F. The summed E-state index contributed by atoms with van der Waals surface area (Å²) in [5.41, 5.74) is -0.978. The minimum Gasteiger partial charge on any atom is -0.394 e. The molecule has 0 spiro atoms. The maximum absolute atomic E-state index is 14.0. The molecule has 3 aromatic heterocycles. The third-order valence-corrected chi connectivity index (χ3v) is 8.10. The van der Waals surface area contributed by atoms with Crippen molar-refractivity contribution in [2.75, 3.05) is 13.7 Å². The molecule has 10 nitrogen and oxygen atoms in total. The van der Waals surface area contributed by atoms with Gasteiger partial charge >= 0.3 is 6.18 Å². The second-order valence-corrected chi connectivity index (χ2v) is 10.5. The Balaban J connectivity index is 1.60. The van der Waals surface area contributed by atoms with Crippen LogP contribution in [0.15, 0.2) is 36.0 Å². The van der Waals surface area contributed by atoms with Crippen molar-refractivity contribution in [2.24, 2.45) is 0 Å². The first-order chi connectivity index (χ1) is 18.5. The van der Waals surface area contributed by atoms with E-state index in [-0.39, 0.29) is 20.9 Å². The first-order valence-electron chi connectivity index (χ1n) is 11.1. The van der Waals surface area contributed by atoms with Gasteiger partial charge in [0, 0.05) is 18.7 Å². The molecule has 1 aliphatic rings. The van der Waals surface area contributed by atoms with E-state index in [0.717, 1.165) is 10.7 Å². The van der Waals surface area contributed by atoms with Crippen LogP contribution >= 0.6 is 46.1 Å². The van der Waals surface area contributed by atoms with Gasteiger partial charge in [0.2, 0.25) is 0 Å². The van der Waals surface area contributed by atoms with E-state index < -0.39 is 54.5 Å². The molecule has 0 aliphatic carbocycles. The summed E-state index contributed by atoms with van der Waals surface area (Å²) in [6.07, 6.45) is -6.63. The number of thiazole rings is 1.